The zero-order valence-corrected chi connectivity index (χ0v) is 11.0. The van der Waals surface area contributed by atoms with Crippen LogP contribution in [0.25, 0.3) is 11.0 Å². The summed E-state index contributed by atoms with van der Waals surface area (Å²) in [6.45, 7) is 1.46. The number of aromatic amines is 2. The highest BCUT2D eigenvalue weighted by Gasteiger charge is 2.21. The van der Waals surface area contributed by atoms with Crippen LogP contribution >= 0.6 is 0 Å². The van der Waals surface area contributed by atoms with Gasteiger partial charge >= 0.3 is 5.69 Å². The summed E-state index contributed by atoms with van der Waals surface area (Å²) in [4.78, 5) is 28.5. The zero-order valence-electron chi connectivity index (χ0n) is 11.0. The first-order valence-electron chi connectivity index (χ1n) is 6.18. The van der Waals surface area contributed by atoms with Crippen molar-refractivity contribution in [3.05, 3.63) is 69.1 Å². The topological polar surface area (TPSA) is 65.7 Å². The molecule has 2 aromatic carbocycles. The molecule has 1 aromatic heterocycles. The molecule has 21 heavy (non-hydrogen) atoms. The summed E-state index contributed by atoms with van der Waals surface area (Å²) in [5, 5.41) is 0. The van der Waals surface area contributed by atoms with E-state index in [2.05, 4.69) is 9.97 Å². The second-order valence-electron chi connectivity index (χ2n) is 4.72. The number of aryl methyl sites for hydroxylation is 1. The maximum atomic E-state index is 14.0. The zero-order chi connectivity index (χ0) is 15.1. The normalized spacial score (nSPS) is 11.0. The lowest BCUT2D eigenvalue weighted by Gasteiger charge is -2.06. The van der Waals surface area contributed by atoms with Gasteiger partial charge in [0.1, 0.15) is 11.6 Å². The number of carbonyl (C=O) groups is 1. The first-order valence-corrected chi connectivity index (χ1v) is 6.18. The van der Waals surface area contributed by atoms with Crippen LogP contribution in [0.5, 0.6) is 0 Å². The Morgan fingerprint density at radius 2 is 1.76 bits per heavy atom. The molecule has 3 rings (SSSR count). The molecule has 0 saturated carbocycles. The number of H-pyrrole nitrogens is 2. The van der Waals surface area contributed by atoms with E-state index in [4.69, 9.17) is 0 Å². The third-order valence-corrected chi connectivity index (χ3v) is 3.29. The van der Waals surface area contributed by atoms with Gasteiger partial charge in [0.2, 0.25) is 0 Å². The van der Waals surface area contributed by atoms with Crippen molar-refractivity contribution in [2.24, 2.45) is 0 Å². The summed E-state index contributed by atoms with van der Waals surface area (Å²) in [6.07, 6.45) is 0. The lowest BCUT2D eigenvalue weighted by molar-refractivity contribution is 0.103. The monoisotopic (exact) mass is 288 g/mol. The molecule has 0 saturated heterocycles. The van der Waals surface area contributed by atoms with Gasteiger partial charge in [-0.2, -0.15) is 0 Å². The van der Waals surface area contributed by atoms with E-state index in [-0.39, 0.29) is 11.1 Å². The number of hydrogen-bond donors (Lipinski definition) is 2. The van der Waals surface area contributed by atoms with Crippen molar-refractivity contribution in [3.63, 3.8) is 0 Å². The highest BCUT2D eigenvalue weighted by molar-refractivity contribution is 6.10. The predicted molar refractivity (Wildman–Crippen MR) is 73.4 cm³/mol. The van der Waals surface area contributed by atoms with Crippen LogP contribution in [0.1, 0.15) is 21.5 Å². The van der Waals surface area contributed by atoms with Gasteiger partial charge in [0.25, 0.3) is 0 Å². The van der Waals surface area contributed by atoms with E-state index in [0.29, 0.717) is 11.0 Å². The maximum absolute atomic E-state index is 14.0. The highest BCUT2D eigenvalue weighted by Crippen LogP contribution is 2.21. The van der Waals surface area contributed by atoms with Gasteiger partial charge in [-0.3, -0.25) is 4.79 Å². The minimum absolute atomic E-state index is 0.0983. The number of benzene rings is 2. The van der Waals surface area contributed by atoms with Crippen LogP contribution in [0.4, 0.5) is 8.78 Å². The molecule has 0 aliphatic carbocycles. The van der Waals surface area contributed by atoms with Gasteiger partial charge in [0, 0.05) is 5.56 Å². The Kier molecular flexibility index (Phi) is 2.94. The molecule has 6 heteroatoms. The Morgan fingerprint density at radius 1 is 1.05 bits per heavy atom. The molecule has 0 radical (unpaired) electrons. The number of carbonyl (C=O) groups excluding carboxylic acids is 1. The predicted octanol–water partition coefficient (Wildman–Crippen LogP) is 2.67. The smallest absolute Gasteiger partial charge is 0.306 e. The molecule has 0 atom stereocenters. The van der Waals surface area contributed by atoms with Crippen LogP contribution in [0.2, 0.25) is 0 Å². The Labute approximate surface area is 117 Å². The molecule has 0 aliphatic heterocycles. The van der Waals surface area contributed by atoms with Crippen molar-refractivity contribution < 1.29 is 13.6 Å². The average Bonchev–Trinajstić information content (AvgIpc) is 2.82. The van der Waals surface area contributed by atoms with Gasteiger partial charge in [-0.05, 0) is 36.8 Å². The third-order valence-electron chi connectivity index (χ3n) is 3.29. The number of nitrogens with one attached hydrogen (secondary N) is 2. The molecular weight excluding hydrogens is 278 g/mol. The summed E-state index contributed by atoms with van der Waals surface area (Å²) in [6, 6.07) is 6.63. The number of fused-ring (bicyclic) bond motifs is 1. The van der Waals surface area contributed by atoms with Crippen LogP contribution in [0.3, 0.4) is 0 Å². The number of hydrogen-bond acceptors (Lipinski definition) is 2. The molecule has 3 aromatic rings. The number of aromatic nitrogens is 2. The standard InChI is InChI=1S/C15H10F2N2O2/c1-7-2-4-9(16)12(13(7)17)14(20)8-3-5-10-11(6-8)19-15(21)18-10/h2-6H,1H3,(H2,18,19,21). The fourth-order valence-electron chi connectivity index (χ4n) is 2.18. The fourth-order valence-corrected chi connectivity index (χ4v) is 2.18. The van der Waals surface area contributed by atoms with Gasteiger partial charge in [-0.1, -0.05) is 6.07 Å². The van der Waals surface area contributed by atoms with E-state index < -0.39 is 28.7 Å². The van der Waals surface area contributed by atoms with Crippen LogP contribution < -0.4 is 5.69 Å². The Balaban J connectivity index is 2.16. The van der Waals surface area contributed by atoms with Gasteiger partial charge in [0.15, 0.2) is 5.78 Å². The molecule has 4 nitrogen and oxygen atoms in total. The lowest BCUT2D eigenvalue weighted by Crippen LogP contribution is -2.08. The van der Waals surface area contributed by atoms with Crippen molar-refractivity contribution in [1.29, 1.82) is 0 Å². The summed E-state index contributed by atoms with van der Waals surface area (Å²) in [5.41, 5.74) is 0.202. The van der Waals surface area contributed by atoms with Gasteiger partial charge in [-0.25, -0.2) is 13.6 Å². The maximum Gasteiger partial charge on any atom is 0.323 e. The van der Waals surface area contributed by atoms with Crippen LogP contribution in [0.15, 0.2) is 35.1 Å². The van der Waals surface area contributed by atoms with E-state index in [1.807, 2.05) is 0 Å². The van der Waals surface area contributed by atoms with E-state index in [0.717, 1.165) is 6.07 Å². The molecule has 0 aliphatic rings. The third kappa shape index (κ3) is 2.14. The molecule has 0 unspecified atom stereocenters. The van der Waals surface area contributed by atoms with Crippen LogP contribution in [-0.2, 0) is 0 Å². The van der Waals surface area contributed by atoms with Crippen molar-refractivity contribution in [2.45, 2.75) is 6.92 Å². The van der Waals surface area contributed by atoms with Gasteiger partial charge < -0.3 is 9.97 Å². The first kappa shape index (κ1) is 13.2. The van der Waals surface area contributed by atoms with Crippen molar-refractivity contribution in [1.82, 2.24) is 9.97 Å². The van der Waals surface area contributed by atoms with E-state index >= 15 is 0 Å². The molecule has 2 N–H and O–H groups in total. The van der Waals surface area contributed by atoms with Gasteiger partial charge in [0.05, 0.1) is 16.6 Å². The second-order valence-corrected chi connectivity index (χ2v) is 4.72. The quantitative estimate of drug-likeness (QED) is 0.712. The minimum atomic E-state index is -0.911. The summed E-state index contributed by atoms with van der Waals surface area (Å²) in [7, 11) is 0. The molecule has 0 fully saturated rings. The van der Waals surface area contributed by atoms with Gasteiger partial charge in [-0.15, -0.1) is 0 Å². The Hall–Kier alpha value is -2.76. The second kappa shape index (κ2) is 4.66. The van der Waals surface area contributed by atoms with E-state index in [9.17, 15) is 18.4 Å². The van der Waals surface area contributed by atoms with Crippen LogP contribution in [-0.4, -0.2) is 15.8 Å². The van der Waals surface area contributed by atoms with Crippen molar-refractivity contribution >= 4 is 16.8 Å². The molecule has 0 spiro atoms. The molecule has 1 heterocycles. The molecule has 106 valence electrons. The SMILES string of the molecule is Cc1ccc(F)c(C(=O)c2ccc3[nH]c(=O)[nH]c3c2)c1F. The largest absolute Gasteiger partial charge is 0.323 e. The van der Waals surface area contributed by atoms with Crippen molar-refractivity contribution in [3.8, 4) is 0 Å². The Bertz CT molecular complexity index is 925. The lowest BCUT2D eigenvalue weighted by atomic mass is 10.00. The first-order chi connectivity index (χ1) is 9.97. The summed E-state index contributed by atoms with van der Waals surface area (Å²) in [5.74, 6) is -2.55. The summed E-state index contributed by atoms with van der Waals surface area (Å²) >= 11 is 0. The average molecular weight is 288 g/mol. The molecule has 0 amide bonds. The van der Waals surface area contributed by atoms with Crippen molar-refractivity contribution in [2.75, 3.05) is 0 Å². The highest BCUT2D eigenvalue weighted by atomic mass is 19.1. The fraction of sp³-hybridized carbons (Fsp3) is 0.0667. The summed E-state index contributed by atoms with van der Waals surface area (Å²) < 4.78 is 27.8. The molecular formula is C15H10F2N2O2. The Morgan fingerprint density at radius 3 is 2.52 bits per heavy atom. The van der Waals surface area contributed by atoms with E-state index in [1.165, 1.54) is 31.2 Å². The minimum Gasteiger partial charge on any atom is -0.306 e. The molecule has 0 bridgehead atoms. The number of ketones is 1. The number of imidazole rings is 1. The van der Waals surface area contributed by atoms with E-state index in [1.54, 1.807) is 0 Å². The number of halogens is 2. The van der Waals surface area contributed by atoms with Crippen LogP contribution in [0, 0.1) is 18.6 Å². The number of rotatable bonds is 2.